The first-order valence-corrected chi connectivity index (χ1v) is 15.6. The third-order valence-electron chi connectivity index (χ3n) is 6.76. The Kier molecular flexibility index (Phi) is 16.3. The minimum Gasteiger partial charge on any atom is -0.390 e. The molecule has 8 nitrogen and oxygen atoms in total. The Balaban J connectivity index is 2.05. The largest absolute Gasteiger partial charge is 0.390 e. The summed E-state index contributed by atoms with van der Waals surface area (Å²) in [6.45, 7) is 4.07. The third-order valence-corrected chi connectivity index (χ3v) is 7.28. The minimum absolute atomic E-state index is 0.0550. The Hall–Kier alpha value is -2.50. The number of carbonyl (C=O) groups is 1. The van der Waals surface area contributed by atoms with Crippen molar-refractivity contribution in [2.75, 3.05) is 20.5 Å². The van der Waals surface area contributed by atoms with E-state index in [0.29, 0.717) is 0 Å². The average molecular weight is 681 g/mol. The van der Waals surface area contributed by atoms with Crippen LogP contribution in [0.3, 0.4) is 0 Å². The van der Waals surface area contributed by atoms with Gasteiger partial charge >= 0.3 is 0 Å². The molecule has 3 aromatic carbocycles. The minimum atomic E-state index is -2.27. The molecule has 0 spiro atoms. The summed E-state index contributed by atoms with van der Waals surface area (Å²) in [5.41, 5.74) is 2.66. The van der Waals surface area contributed by atoms with Crippen LogP contribution in [-0.4, -0.2) is 65.8 Å². The summed E-state index contributed by atoms with van der Waals surface area (Å²) in [5.74, 6) is -0.878. The molecule has 0 saturated heterocycles. The molecule has 1 amide bonds. The highest BCUT2D eigenvalue weighted by molar-refractivity contribution is 6.76. The Bertz CT molecular complexity index is 1250. The molecular formula is C34H40Cl3NO7. The highest BCUT2D eigenvalue weighted by Crippen LogP contribution is 2.28. The summed E-state index contributed by atoms with van der Waals surface area (Å²) in [7, 11) is 1.47. The predicted molar refractivity (Wildman–Crippen MR) is 176 cm³/mol. The summed E-state index contributed by atoms with van der Waals surface area (Å²) in [5, 5.41) is 14.1. The van der Waals surface area contributed by atoms with Crippen LogP contribution >= 0.6 is 34.8 Å². The maximum atomic E-state index is 13.1. The van der Waals surface area contributed by atoms with E-state index in [4.69, 9.17) is 58.5 Å². The van der Waals surface area contributed by atoms with E-state index in [9.17, 15) is 9.90 Å². The zero-order chi connectivity index (χ0) is 32.5. The normalized spacial score (nSPS) is 15.0. The van der Waals surface area contributed by atoms with Gasteiger partial charge in [-0.3, -0.25) is 4.79 Å². The molecule has 0 fully saturated rings. The molecule has 3 aromatic rings. The van der Waals surface area contributed by atoms with E-state index >= 15 is 0 Å². The lowest BCUT2D eigenvalue weighted by Gasteiger charge is -2.39. The van der Waals surface area contributed by atoms with Gasteiger partial charge < -0.3 is 34.1 Å². The van der Waals surface area contributed by atoms with Crippen molar-refractivity contribution in [3.63, 3.8) is 0 Å². The Morgan fingerprint density at radius 2 is 1.29 bits per heavy atom. The molecule has 0 saturated carbocycles. The van der Waals surface area contributed by atoms with E-state index in [1.807, 2.05) is 91.0 Å². The van der Waals surface area contributed by atoms with E-state index in [2.05, 4.69) is 11.9 Å². The van der Waals surface area contributed by atoms with Crippen molar-refractivity contribution in [1.82, 2.24) is 5.32 Å². The number of aliphatic hydroxyl groups is 1. The molecule has 11 heteroatoms. The molecule has 0 unspecified atom stereocenters. The van der Waals surface area contributed by atoms with Crippen LogP contribution in [0.5, 0.6) is 0 Å². The van der Waals surface area contributed by atoms with Gasteiger partial charge in [-0.2, -0.15) is 0 Å². The van der Waals surface area contributed by atoms with Crippen LogP contribution in [0.4, 0.5) is 0 Å². The second-order valence-corrected chi connectivity index (χ2v) is 12.5. The summed E-state index contributed by atoms with van der Waals surface area (Å²) in [6, 6.07) is 27.6. The quantitative estimate of drug-likeness (QED) is 0.0840. The standard InChI is InChI=1S/C34H40Cl3NO7/c1-3-13-29(39)31(45-24-41-2)32(44-22-27-18-11-6-12-19-27)30(43-21-26-16-9-5-10-17-26)28(38-33(40)34(35,36)37)23-42-20-25-14-7-4-8-15-25/h3-12,14-19,28-32,39H,1,13,20-24H2,2H3,(H,38,40)/t28-,29-,30-,31+,32+/m1/s1. The topological polar surface area (TPSA) is 95.5 Å². The molecule has 2 N–H and O–H groups in total. The maximum Gasteiger partial charge on any atom is 0.272 e. The van der Waals surface area contributed by atoms with Crippen molar-refractivity contribution in [2.24, 2.45) is 0 Å². The van der Waals surface area contributed by atoms with Crippen molar-refractivity contribution in [3.05, 3.63) is 120 Å². The van der Waals surface area contributed by atoms with E-state index in [1.165, 1.54) is 7.11 Å². The third kappa shape index (κ3) is 13.0. The number of hydrogen-bond donors (Lipinski definition) is 2. The molecule has 0 bridgehead atoms. The molecule has 0 aliphatic heterocycles. The van der Waals surface area contributed by atoms with Gasteiger partial charge in [-0.25, -0.2) is 0 Å². The van der Waals surface area contributed by atoms with Crippen LogP contribution in [-0.2, 0) is 48.3 Å². The fourth-order valence-corrected chi connectivity index (χ4v) is 4.74. The fourth-order valence-electron chi connectivity index (χ4n) is 4.57. The zero-order valence-corrected chi connectivity index (χ0v) is 27.4. The lowest BCUT2D eigenvalue weighted by atomic mass is 9.95. The van der Waals surface area contributed by atoms with Crippen molar-refractivity contribution in [3.8, 4) is 0 Å². The second kappa shape index (κ2) is 19.9. The Morgan fingerprint density at radius 3 is 1.76 bits per heavy atom. The Labute approximate surface area is 280 Å². The van der Waals surface area contributed by atoms with Gasteiger partial charge in [0.05, 0.1) is 38.6 Å². The van der Waals surface area contributed by atoms with Crippen molar-refractivity contribution < 1.29 is 33.6 Å². The van der Waals surface area contributed by atoms with Crippen molar-refractivity contribution >= 4 is 40.7 Å². The summed E-state index contributed by atoms with van der Waals surface area (Å²) in [4.78, 5) is 13.1. The molecule has 0 aliphatic carbocycles. The van der Waals surface area contributed by atoms with Gasteiger partial charge in [-0.05, 0) is 23.1 Å². The van der Waals surface area contributed by atoms with Crippen molar-refractivity contribution in [1.29, 1.82) is 0 Å². The van der Waals surface area contributed by atoms with Crippen LogP contribution in [0.1, 0.15) is 23.1 Å². The second-order valence-electron chi connectivity index (χ2n) is 10.2. The molecule has 3 rings (SSSR count). The molecule has 0 heterocycles. The summed E-state index contributed by atoms with van der Waals surface area (Å²) in [6.07, 6.45) is -2.28. The first-order valence-electron chi connectivity index (χ1n) is 14.4. The number of alkyl halides is 3. The monoisotopic (exact) mass is 679 g/mol. The van der Waals surface area contributed by atoms with E-state index < -0.39 is 40.2 Å². The SMILES string of the molecule is C=CC[C@@H](O)[C@H](OCOC)[C@@H](OCc1ccccc1)[C@H](OCc1ccccc1)[C@@H](COCc1ccccc1)NC(=O)C(Cl)(Cl)Cl. The number of halogens is 3. The lowest BCUT2D eigenvalue weighted by Crippen LogP contribution is -2.59. The number of rotatable bonds is 20. The smallest absolute Gasteiger partial charge is 0.272 e. The lowest BCUT2D eigenvalue weighted by molar-refractivity contribution is -0.206. The number of benzene rings is 3. The Morgan fingerprint density at radius 1 is 0.800 bits per heavy atom. The number of nitrogens with one attached hydrogen (secondary N) is 1. The molecule has 5 atom stereocenters. The summed E-state index contributed by atoms with van der Waals surface area (Å²) >= 11 is 18.0. The maximum absolute atomic E-state index is 13.1. The van der Waals surface area contributed by atoms with Crippen LogP contribution < -0.4 is 5.32 Å². The molecule has 45 heavy (non-hydrogen) atoms. The van der Waals surface area contributed by atoms with Gasteiger partial charge in [0.1, 0.15) is 25.1 Å². The molecule has 0 aliphatic rings. The van der Waals surface area contributed by atoms with Crippen LogP contribution in [0, 0.1) is 0 Å². The first-order chi connectivity index (χ1) is 21.7. The van der Waals surface area contributed by atoms with Gasteiger partial charge in [-0.15, -0.1) is 6.58 Å². The molecule has 0 aromatic heterocycles. The van der Waals surface area contributed by atoms with E-state index in [-0.39, 0.29) is 39.6 Å². The fraction of sp³-hybridized carbons (Fsp3) is 0.382. The van der Waals surface area contributed by atoms with Gasteiger partial charge in [-0.1, -0.05) is 132 Å². The van der Waals surface area contributed by atoms with Gasteiger partial charge in [0.2, 0.25) is 0 Å². The average Bonchev–Trinajstić information content (AvgIpc) is 3.04. The number of carbonyl (C=O) groups excluding carboxylic acids is 1. The molecular weight excluding hydrogens is 641 g/mol. The van der Waals surface area contributed by atoms with Gasteiger partial charge in [0, 0.05) is 7.11 Å². The first kappa shape index (κ1) is 37.0. The van der Waals surface area contributed by atoms with Gasteiger partial charge in [0.25, 0.3) is 9.70 Å². The highest BCUT2D eigenvalue weighted by Gasteiger charge is 2.43. The van der Waals surface area contributed by atoms with Crippen LogP contribution in [0.25, 0.3) is 0 Å². The van der Waals surface area contributed by atoms with Gasteiger partial charge in [0.15, 0.2) is 0 Å². The number of amides is 1. The molecule has 244 valence electrons. The van der Waals surface area contributed by atoms with Crippen LogP contribution in [0.2, 0.25) is 0 Å². The predicted octanol–water partition coefficient (Wildman–Crippen LogP) is 6.16. The number of methoxy groups -OCH3 is 1. The highest BCUT2D eigenvalue weighted by atomic mass is 35.6. The molecule has 0 radical (unpaired) electrons. The van der Waals surface area contributed by atoms with E-state index in [0.717, 1.165) is 16.7 Å². The summed E-state index contributed by atoms with van der Waals surface area (Å²) < 4.78 is 28.1. The van der Waals surface area contributed by atoms with E-state index in [1.54, 1.807) is 6.08 Å². The number of hydrogen-bond acceptors (Lipinski definition) is 7. The number of ether oxygens (including phenoxy) is 5. The van der Waals surface area contributed by atoms with Crippen molar-refractivity contribution in [2.45, 2.75) is 60.5 Å². The number of aliphatic hydroxyl groups excluding tert-OH is 1. The zero-order valence-electron chi connectivity index (χ0n) is 25.1. The van der Waals surface area contributed by atoms with Crippen LogP contribution in [0.15, 0.2) is 104 Å².